The molecule has 4 aromatic rings. The highest BCUT2D eigenvalue weighted by atomic mass is 16.2. The third-order valence-electron chi connectivity index (χ3n) is 6.64. The van der Waals surface area contributed by atoms with Crippen molar-refractivity contribution in [3.05, 3.63) is 80.4 Å². The minimum atomic E-state index is -0.317. The maximum absolute atomic E-state index is 13.6. The highest BCUT2D eigenvalue weighted by Crippen LogP contribution is 2.41. The molecule has 2 heterocycles. The van der Waals surface area contributed by atoms with Crippen LogP contribution in [0.5, 0.6) is 0 Å². The van der Waals surface area contributed by atoms with Gasteiger partial charge in [0.1, 0.15) is 12.1 Å². The Balaban J connectivity index is 1.56. The van der Waals surface area contributed by atoms with Gasteiger partial charge < -0.3 is 5.32 Å². The van der Waals surface area contributed by atoms with Gasteiger partial charge in [-0.25, -0.2) is 9.36 Å². The first-order valence-electron chi connectivity index (χ1n) is 11.7. The smallest absolute Gasteiger partial charge is 0.293 e. The number of carbonyl (C=O) groups excluding carboxylic acids is 1. The fourth-order valence-corrected chi connectivity index (χ4v) is 4.60. The Labute approximate surface area is 198 Å². The molecule has 0 unspecified atom stereocenters. The highest BCUT2D eigenvalue weighted by Gasteiger charge is 2.30. The van der Waals surface area contributed by atoms with Crippen molar-refractivity contribution in [3.63, 3.8) is 0 Å². The Hall–Kier alpha value is -3.74. The lowest BCUT2D eigenvalue weighted by atomic mass is 10.1. The number of anilines is 1. The lowest BCUT2D eigenvalue weighted by molar-refractivity contribution is -0.117. The zero-order valence-electron chi connectivity index (χ0n) is 20.3. The minimum absolute atomic E-state index is 0.153. The minimum Gasteiger partial charge on any atom is -0.324 e. The molecule has 2 aromatic heterocycles. The molecule has 0 aliphatic heterocycles. The summed E-state index contributed by atoms with van der Waals surface area (Å²) in [5.74, 6) is 0.0272. The van der Waals surface area contributed by atoms with Crippen molar-refractivity contribution in [2.45, 2.75) is 59.9 Å². The van der Waals surface area contributed by atoms with E-state index >= 15 is 0 Å². The highest BCUT2D eigenvalue weighted by molar-refractivity contribution is 5.92. The van der Waals surface area contributed by atoms with Gasteiger partial charge in [0.25, 0.3) is 5.56 Å². The normalized spacial score (nSPS) is 13.4. The molecule has 0 spiro atoms. The number of hydrogen-bond acceptors (Lipinski definition) is 4. The van der Waals surface area contributed by atoms with Crippen molar-refractivity contribution in [2.24, 2.45) is 0 Å². The first-order chi connectivity index (χ1) is 16.2. The molecule has 1 N–H and O–H groups in total. The van der Waals surface area contributed by atoms with Crippen molar-refractivity contribution in [3.8, 4) is 5.69 Å². The van der Waals surface area contributed by atoms with Crippen LogP contribution in [0.15, 0.2) is 41.3 Å². The van der Waals surface area contributed by atoms with E-state index in [9.17, 15) is 9.59 Å². The van der Waals surface area contributed by atoms with Gasteiger partial charge in [-0.2, -0.15) is 10.2 Å². The summed E-state index contributed by atoms with van der Waals surface area (Å²) in [5.41, 5.74) is 8.04. The zero-order valence-corrected chi connectivity index (χ0v) is 20.3. The van der Waals surface area contributed by atoms with E-state index in [4.69, 9.17) is 0 Å². The maximum Gasteiger partial charge on any atom is 0.293 e. The molecule has 1 fully saturated rings. The first-order valence-corrected chi connectivity index (χ1v) is 11.7. The molecule has 1 aliphatic rings. The molecule has 0 atom stereocenters. The summed E-state index contributed by atoms with van der Waals surface area (Å²) in [6.07, 6.45) is 3.79. The summed E-state index contributed by atoms with van der Waals surface area (Å²) in [5, 5.41) is 12.9. The number of fused-ring (bicyclic) bond motifs is 1. The van der Waals surface area contributed by atoms with Crippen molar-refractivity contribution in [1.82, 2.24) is 19.6 Å². The SMILES string of the molecule is Cc1cc(C)c(NC(=O)Cn2nc(C3CC3)c3cnn(-c4ccc(C)c(C)c4)c3c2=O)c(C)c1. The summed E-state index contributed by atoms with van der Waals surface area (Å²) in [6, 6.07) is 10.1. The lowest BCUT2D eigenvalue weighted by Crippen LogP contribution is -2.31. The monoisotopic (exact) mass is 455 g/mol. The average Bonchev–Trinajstić information content (AvgIpc) is 3.52. The van der Waals surface area contributed by atoms with Crippen LogP contribution in [0.1, 0.15) is 52.3 Å². The van der Waals surface area contributed by atoms with Crippen LogP contribution in [-0.4, -0.2) is 25.5 Å². The molecule has 1 amide bonds. The third-order valence-corrected chi connectivity index (χ3v) is 6.64. The molecule has 0 radical (unpaired) electrons. The van der Waals surface area contributed by atoms with Gasteiger partial charge in [-0.1, -0.05) is 23.8 Å². The van der Waals surface area contributed by atoms with E-state index in [-0.39, 0.29) is 18.0 Å². The van der Waals surface area contributed by atoms with E-state index in [1.807, 2.05) is 58.0 Å². The second-order valence-corrected chi connectivity index (χ2v) is 9.53. The zero-order chi connectivity index (χ0) is 24.1. The van der Waals surface area contributed by atoms with E-state index in [2.05, 4.69) is 22.4 Å². The predicted molar refractivity (Wildman–Crippen MR) is 134 cm³/mol. The van der Waals surface area contributed by atoms with Crippen LogP contribution in [-0.2, 0) is 11.3 Å². The Bertz CT molecular complexity index is 1480. The number of hydrogen-bond donors (Lipinski definition) is 1. The van der Waals surface area contributed by atoms with Gasteiger partial charge in [0, 0.05) is 17.0 Å². The second-order valence-electron chi connectivity index (χ2n) is 9.53. The average molecular weight is 456 g/mol. The summed E-state index contributed by atoms with van der Waals surface area (Å²) in [4.78, 5) is 26.6. The number of aromatic nitrogens is 4. The number of benzene rings is 2. The molecule has 7 heteroatoms. The molecule has 1 aliphatic carbocycles. The fourth-order valence-electron chi connectivity index (χ4n) is 4.60. The third kappa shape index (κ3) is 3.91. The number of aryl methyl sites for hydroxylation is 5. The predicted octanol–water partition coefficient (Wildman–Crippen LogP) is 4.64. The Kier molecular flexibility index (Phi) is 5.35. The molecular weight excluding hydrogens is 426 g/mol. The molecule has 7 nitrogen and oxygen atoms in total. The number of nitrogens with zero attached hydrogens (tertiary/aromatic N) is 4. The van der Waals surface area contributed by atoms with Gasteiger partial charge in [0.05, 0.1) is 17.6 Å². The number of nitrogens with one attached hydrogen (secondary N) is 1. The molecule has 2 aromatic carbocycles. The quantitative estimate of drug-likeness (QED) is 0.475. The maximum atomic E-state index is 13.6. The van der Waals surface area contributed by atoms with Gasteiger partial charge in [-0.15, -0.1) is 0 Å². The number of rotatable bonds is 5. The van der Waals surface area contributed by atoms with Crippen molar-refractivity contribution in [1.29, 1.82) is 0 Å². The van der Waals surface area contributed by atoms with Gasteiger partial charge in [0.15, 0.2) is 0 Å². The topological polar surface area (TPSA) is 81.8 Å². The van der Waals surface area contributed by atoms with Crippen LogP contribution < -0.4 is 10.9 Å². The van der Waals surface area contributed by atoms with Crippen LogP contribution in [0.2, 0.25) is 0 Å². The van der Waals surface area contributed by atoms with E-state index in [0.717, 1.165) is 57.6 Å². The Morgan fingerprint density at radius 3 is 2.35 bits per heavy atom. The van der Waals surface area contributed by atoms with Crippen LogP contribution in [0.4, 0.5) is 5.69 Å². The van der Waals surface area contributed by atoms with Gasteiger partial charge in [0.2, 0.25) is 5.91 Å². The van der Waals surface area contributed by atoms with Gasteiger partial charge in [-0.05, 0) is 81.8 Å². The van der Waals surface area contributed by atoms with Crippen molar-refractivity contribution < 1.29 is 4.79 Å². The number of amides is 1. The molecule has 1 saturated carbocycles. The molecule has 0 saturated heterocycles. The van der Waals surface area contributed by atoms with Gasteiger partial charge in [-0.3, -0.25) is 9.59 Å². The standard InChI is InChI=1S/C27H29N5O2/c1-15-10-18(4)24(19(5)11-15)29-23(33)14-31-27(34)26-22(25(30-31)20-7-8-20)13-28-32(26)21-9-6-16(2)17(3)12-21/h6,9-13,20H,7-8,14H2,1-5H3,(H,29,33). The van der Waals surface area contributed by atoms with Crippen molar-refractivity contribution in [2.75, 3.05) is 5.32 Å². The summed E-state index contributed by atoms with van der Waals surface area (Å²) in [6.45, 7) is 9.92. The van der Waals surface area contributed by atoms with E-state index < -0.39 is 0 Å². The Morgan fingerprint density at radius 2 is 1.71 bits per heavy atom. The Morgan fingerprint density at radius 1 is 1.00 bits per heavy atom. The van der Waals surface area contributed by atoms with Crippen LogP contribution in [0.25, 0.3) is 16.6 Å². The largest absolute Gasteiger partial charge is 0.324 e. The number of carbonyl (C=O) groups is 1. The molecule has 0 bridgehead atoms. The van der Waals surface area contributed by atoms with Gasteiger partial charge >= 0.3 is 0 Å². The fraction of sp³-hybridized carbons (Fsp3) is 0.333. The second kappa shape index (κ2) is 8.24. The van der Waals surface area contributed by atoms with E-state index in [0.29, 0.717) is 11.4 Å². The summed E-state index contributed by atoms with van der Waals surface area (Å²) >= 11 is 0. The van der Waals surface area contributed by atoms with Crippen LogP contribution in [0, 0.1) is 34.6 Å². The molecule has 34 heavy (non-hydrogen) atoms. The van der Waals surface area contributed by atoms with E-state index in [1.54, 1.807) is 10.9 Å². The summed E-state index contributed by atoms with van der Waals surface area (Å²) in [7, 11) is 0. The molecule has 5 rings (SSSR count). The lowest BCUT2D eigenvalue weighted by Gasteiger charge is -2.14. The summed E-state index contributed by atoms with van der Waals surface area (Å²) < 4.78 is 2.98. The molecule has 174 valence electrons. The first kappa shape index (κ1) is 22.1. The molecular formula is C27H29N5O2. The van der Waals surface area contributed by atoms with E-state index in [1.165, 1.54) is 10.2 Å². The van der Waals surface area contributed by atoms with Crippen LogP contribution in [0.3, 0.4) is 0 Å². The van der Waals surface area contributed by atoms with Crippen molar-refractivity contribution >= 4 is 22.5 Å². The van der Waals surface area contributed by atoms with Crippen LogP contribution >= 0.6 is 0 Å².